The van der Waals surface area contributed by atoms with Gasteiger partial charge < -0.3 is 15.0 Å². The second-order valence-corrected chi connectivity index (χ2v) is 5.12. The van der Waals surface area contributed by atoms with Gasteiger partial charge in [0.05, 0.1) is 6.61 Å². The Morgan fingerprint density at radius 2 is 1.89 bits per heavy atom. The van der Waals surface area contributed by atoms with E-state index in [1.165, 1.54) is 11.1 Å². The van der Waals surface area contributed by atoms with E-state index in [1.807, 2.05) is 0 Å². The number of aryl methyl sites for hydroxylation is 1. The maximum absolute atomic E-state index is 5.08. The van der Waals surface area contributed by atoms with Crippen LogP contribution in [0.2, 0.25) is 0 Å². The fraction of sp³-hybridized carbons (Fsp3) is 0.625. The van der Waals surface area contributed by atoms with Crippen molar-refractivity contribution < 1.29 is 4.74 Å². The van der Waals surface area contributed by atoms with Crippen LogP contribution in [0.5, 0.6) is 0 Å². The molecule has 1 N–H and O–H groups in total. The molecule has 108 valence electrons. The molecule has 1 aromatic rings. The summed E-state index contributed by atoms with van der Waals surface area (Å²) in [5.74, 6) is 0. The van der Waals surface area contributed by atoms with Crippen LogP contribution in [-0.4, -0.2) is 45.3 Å². The highest BCUT2D eigenvalue weighted by Gasteiger charge is 2.08. The Hall–Kier alpha value is -0.900. The van der Waals surface area contributed by atoms with Crippen LogP contribution < -0.4 is 5.32 Å². The second kappa shape index (κ2) is 9.08. The molecule has 0 bridgehead atoms. The quantitative estimate of drug-likeness (QED) is 0.742. The van der Waals surface area contributed by atoms with Gasteiger partial charge in [-0.3, -0.25) is 0 Å². The summed E-state index contributed by atoms with van der Waals surface area (Å²) in [5, 5.41) is 3.63. The lowest BCUT2D eigenvalue weighted by Gasteiger charge is -2.21. The molecule has 0 radical (unpaired) electrons. The number of methoxy groups -OCH3 is 1. The number of nitrogens with zero attached hydrogens (tertiary/aromatic N) is 1. The highest BCUT2D eigenvalue weighted by atomic mass is 16.5. The van der Waals surface area contributed by atoms with Gasteiger partial charge in [0.25, 0.3) is 0 Å². The van der Waals surface area contributed by atoms with E-state index in [4.69, 9.17) is 4.74 Å². The zero-order chi connectivity index (χ0) is 14.1. The van der Waals surface area contributed by atoms with Crippen LogP contribution in [0.15, 0.2) is 24.3 Å². The van der Waals surface area contributed by atoms with Crippen LogP contribution >= 0.6 is 0 Å². The van der Waals surface area contributed by atoms with E-state index in [0.29, 0.717) is 6.04 Å². The average molecular weight is 264 g/mol. The van der Waals surface area contributed by atoms with Crippen molar-refractivity contribution in [1.29, 1.82) is 0 Å². The van der Waals surface area contributed by atoms with Crippen LogP contribution in [0.25, 0.3) is 0 Å². The molecule has 19 heavy (non-hydrogen) atoms. The van der Waals surface area contributed by atoms with E-state index in [2.05, 4.69) is 55.4 Å². The molecule has 0 aliphatic rings. The first kappa shape index (κ1) is 16.2. The maximum Gasteiger partial charge on any atom is 0.0589 e. The molecule has 1 rings (SSSR count). The van der Waals surface area contributed by atoms with Crippen molar-refractivity contribution in [3.05, 3.63) is 35.4 Å². The third kappa shape index (κ3) is 6.19. The Kier molecular flexibility index (Phi) is 7.72. The van der Waals surface area contributed by atoms with Gasteiger partial charge in [0, 0.05) is 32.8 Å². The lowest BCUT2D eigenvalue weighted by Crippen LogP contribution is -2.33. The van der Waals surface area contributed by atoms with Gasteiger partial charge in [-0.25, -0.2) is 0 Å². The second-order valence-electron chi connectivity index (χ2n) is 5.12. The standard InChI is InChI=1S/C16H28N2O/c1-5-16(15-8-6-14(2)7-9-15)17-10-11-18(3)12-13-19-4/h6-9,16-17H,5,10-13H2,1-4H3. The largest absolute Gasteiger partial charge is 0.383 e. The summed E-state index contributed by atoms with van der Waals surface area (Å²) in [6.45, 7) is 8.19. The van der Waals surface area contributed by atoms with Crippen molar-refractivity contribution in [3.8, 4) is 0 Å². The number of benzene rings is 1. The van der Waals surface area contributed by atoms with Crippen molar-refractivity contribution in [1.82, 2.24) is 10.2 Å². The smallest absolute Gasteiger partial charge is 0.0589 e. The van der Waals surface area contributed by atoms with Gasteiger partial charge in [-0.15, -0.1) is 0 Å². The number of likely N-dealkylation sites (N-methyl/N-ethyl adjacent to an activating group) is 1. The van der Waals surface area contributed by atoms with E-state index in [0.717, 1.165) is 32.7 Å². The molecule has 0 fully saturated rings. The molecule has 1 aromatic carbocycles. The third-order valence-electron chi connectivity index (χ3n) is 3.45. The van der Waals surface area contributed by atoms with Crippen molar-refractivity contribution in [3.63, 3.8) is 0 Å². The summed E-state index contributed by atoms with van der Waals surface area (Å²) in [5.41, 5.74) is 2.70. The predicted molar refractivity (Wildman–Crippen MR) is 81.6 cm³/mol. The monoisotopic (exact) mass is 264 g/mol. The predicted octanol–water partition coefficient (Wildman–Crippen LogP) is 2.61. The van der Waals surface area contributed by atoms with Crippen molar-refractivity contribution >= 4 is 0 Å². The third-order valence-corrected chi connectivity index (χ3v) is 3.45. The molecule has 3 heteroatoms. The summed E-state index contributed by atoms with van der Waals surface area (Å²) < 4.78 is 5.08. The van der Waals surface area contributed by atoms with Gasteiger partial charge >= 0.3 is 0 Å². The zero-order valence-electron chi connectivity index (χ0n) is 12.8. The Balaban J connectivity index is 2.34. The summed E-state index contributed by atoms with van der Waals surface area (Å²) >= 11 is 0. The fourth-order valence-corrected chi connectivity index (χ4v) is 2.09. The SMILES string of the molecule is CCC(NCCN(C)CCOC)c1ccc(C)cc1. The maximum atomic E-state index is 5.08. The van der Waals surface area contributed by atoms with Gasteiger partial charge in [-0.1, -0.05) is 36.8 Å². The minimum Gasteiger partial charge on any atom is -0.383 e. The molecule has 1 atom stereocenters. The number of hydrogen-bond acceptors (Lipinski definition) is 3. The molecule has 0 aliphatic heterocycles. The summed E-state index contributed by atoms with van der Waals surface area (Å²) in [6, 6.07) is 9.28. The van der Waals surface area contributed by atoms with E-state index >= 15 is 0 Å². The number of rotatable bonds is 9. The first-order chi connectivity index (χ1) is 9.17. The zero-order valence-corrected chi connectivity index (χ0v) is 12.8. The first-order valence-corrected chi connectivity index (χ1v) is 7.14. The minimum absolute atomic E-state index is 0.455. The lowest BCUT2D eigenvalue weighted by molar-refractivity contribution is 0.161. The molecule has 0 aromatic heterocycles. The molecule has 0 saturated carbocycles. The highest BCUT2D eigenvalue weighted by Crippen LogP contribution is 2.16. The Morgan fingerprint density at radius 1 is 1.21 bits per heavy atom. The lowest BCUT2D eigenvalue weighted by atomic mass is 10.0. The van der Waals surface area contributed by atoms with E-state index < -0.39 is 0 Å². The van der Waals surface area contributed by atoms with E-state index in [-0.39, 0.29) is 0 Å². The Morgan fingerprint density at radius 3 is 2.47 bits per heavy atom. The summed E-state index contributed by atoms with van der Waals surface area (Å²) in [7, 11) is 3.88. The van der Waals surface area contributed by atoms with Gasteiger partial charge in [0.15, 0.2) is 0 Å². The molecule has 0 spiro atoms. The van der Waals surface area contributed by atoms with E-state index in [9.17, 15) is 0 Å². The van der Waals surface area contributed by atoms with Gasteiger partial charge in [0.2, 0.25) is 0 Å². The molecule has 0 aliphatic carbocycles. The fourth-order valence-electron chi connectivity index (χ4n) is 2.09. The van der Waals surface area contributed by atoms with Crippen LogP contribution in [0.4, 0.5) is 0 Å². The molecule has 0 heterocycles. The Labute approximate surface area is 118 Å². The summed E-state index contributed by atoms with van der Waals surface area (Å²) in [6.07, 6.45) is 1.12. The summed E-state index contributed by atoms with van der Waals surface area (Å²) in [4.78, 5) is 2.29. The molecule has 3 nitrogen and oxygen atoms in total. The number of nitrogens with one attached hydrogen (secondary N) is 1. The number of ether oxygens (including phenoxy) is 1. The van der Waals surface area contributed by atoms with Crippen molar-refractivity contribution in [2.75, 3.05) is 40.4 Å². The number of hydrogen-bond donors (Lipinski definition) is 1. The van der Waals surface area contributed by atoms with Crippen molar-refractivity contribution in [2.24, 2.45) is 0 Å². The van der Waals surface area contributed by atoms with Gasteiger partial charge in [0.1, 0.15) is 0 Å². The van der Waals surface area contributed by atoms with Crippen molar-refractivity contribution in [2.45, 2.75) is 26.3 Å². The normalized spacial score (nSPS) is 12.9. The van der Waals surface area contributed by atoms with Crippen LogP contribution in [0.3, 0.4) is 0 Å². The van der Waals surface area contributed by atoms with Crippen LogP contribution in [-0.2, 0) is 4.74 Å². The Bertz CT molecular complexity index is 337. The average Bonchev–Trinajstić information content (AvgIpc) is 2.42. The van der Waals surface area contributed by atoms with E-state index in [1.54, 1.807) is 7.11 Å². The van der Waals surface area contributed by atoms with Gasteiger partial charge in [-0.05, 0) is 26.0 Å². The van der Waals surface area contributed by atoms with Crippen LogP contribution in [0, 0.1) is 6.92 Å². The first-order valence-electron chi connectivity index (χ1n) is 7.14. The highest BCUT2D eigenvalue weighted by molar-refractivity contribution is 5.24. The minimum atomic E-state index is 0.455. The molecule has 0 amide bonds. The molecular formula is C16H28N2O. The molecular weight excluding hydrogens is 236 g/mol. The topological polar surface area (TPSA) is 24.5 Å². The molecule has 1 unspecified atom stereocenters. The van der Waals surface area contributed by atoms with Gasteiger partial charge in [-0.2, -0.15) is 0 Å². The molecule has 0 saturated heterocycles. The van der Waals surface area contributed by atoms with Crippen LogP contribution in [0.1, 0.15) is 30.5 Å².